The van der Waals surface area contributed by atoms with Crippen molar-refractivity contribution in [1.29, 1.82) is 0 Å². The summed E-state index contributed by atoms with van der Waals surface area (Å²) in [5.41, 5.74) is 6.55. The highest BCUT2D eigenvalue weighted by Gasteiger charge is 2.03. The SMILES string of the molecule is Cn1ccnc1SCc1csc(N)n1. The Balaban J connectivity index is 1.98. The van der Waals surface area contributed by atoms with E-state index in [-0.39, 0.29) is 0 Å². The summed E-state index contributed by atoms with van der Waals surface area (Å²) in [7, 11) is 1.98. The smallest absolute Gasteiger partial charge is 0.180 e. The van der Waals surface area contributed by atoms with Crippen LogP contribution < -0.4 is 5.73 Å². The van der Waals surface area contributed by atoms with Gasteiger partial charge in [0.15, 0.2) is 10.3 Å². The van der Waals surface area contributed by atoms with Crippen LogP contribution in [0.2, 0.25) is 0 Å². The van der Waals surface area contributed by atoms with Gasteiger partial charge in [-0.1, -0.05) is 11.8 Å². The molecule has 0 radical (unpaired) electrons. The minimum Gasteiger partial charge on any atom is -0.375 e. The summed E-state index contributed by atoms with van der Waals surface area (Å²) in [4.78, 5) is 8.39. The van der Waals surface area contributed by atoms with Crippen molar-refractivity contribution in [2.45, 2.75) is 10.9 Å². The fourth-order valence-electron chi connectivity index (χ4n) is 1.02. The van der Waals surface area contributed by atoms with Crippen LogP contribution in [0, 0.1) is 0 Å². The molecule has 2 rings (SSSR count). The Labute approximate surface area is 90.2 Å². The third-order valence-corrected chi connectivity index (χ3v) is 3.51. The zero-order valence-corrected chi connectivity index (χ0v) is 9.31. The van der Waals surface area contributed by atoms with Crippen LogP contribution in [0.25, 0.3) is 0 Å². The molecule has 0 amide bonds. The summed E-state index contributed by atoms with van der Waals surface area (Å²) in [6.45, 7) is 0. The Morgan fingerprint density at radius 2 is 2.50 bits per heavy atom. The first-order valence-electron chi connectivity index (χ1n) is 4.05. The molecule has 2 heterocycles. The maximum atomic E-state index is 5.53. The fourth-order valence-corrected chi connectivity index (χ4v) is 2.51. The van der Waals surface area contributed by atoms with Gasteiger partial charge < -0.3 is 10.3 Å². The zero-order chi connectivity index (χ0) is 9.97. The van der Waals surface area contributed by atoms with E-state index in [1.165, 1.54) is 11.3 Å². The topological polar surface area (TPSA) is 56.7 Å². The maximum Gasteiger partial charge on any atom is 0.180 e. The third kappa shape index (κ3) is 2.08. The molecule has 4 nitrogen and oxygen atoms in total. The molecule has 0 aliphatic rings. The average molecular weight is 226 g/mol. The predicted molar refractivity (Wildman–Crippen MR) is 59.3 cm³/mol. The number of rotatable bonds is 3. The second-order valence-electron chi connectivity index (χ2n) is 2.79. The Bertz CT molecular complexity index is 420. The lowest BCUT2D eigenvalue weighted by Gasteiger charge is -1.98. The zero-order valence-electron chi connectivity index (χ0n) is 7.67. The Kier molecular flexibility index (Phi) is 2.74. The highest BCUT2D eigenvalue weighted by atomic mass is 32.2. The number of hydrogen-bond acceptors (Lipinski definition) is 5. The number of nitrogens with zero attached hydrogens (tertiary/aromatic N) is 3. The van der Waals surface area contributed by atoms with Crippen molar-refractivity contribution in [2.24, 2.45) is 7.05 Å². The highest BCUT2D eigenvalue weighted by Crippen LogP contribution is 2.22. The summed E-state index contributed by atoms with van der Waals surface area (Å²) in [6, 6.07) is 0. The van der Waals surface area contributed by atoms with Crippen LogP contribution in [0.4, 0.5) is 5.13 Å². The van der Waals surface area contributed by atoms with Gasteiger partial charge in [-0.2, -0.15) is 0 Å². The largest absolute Gasteiger partial charge is 0.375 e. The van der Waals surface area contributed by atoms with Gasteiger partial charge in [-0.3, -0.25) is 0 Å². The van der Waals surface area contributed by atoms with Gasteiger partial charge in [0.25, 0.3) is 0 Å². The first-order valence-corrected chi connectivity index (χ1v) is 5.92. The number of imidazole rings is 1. The number of thioether (sulfide) groups is 1. The fraction of sp³-hybridized carbons (Fsp3) is 0.250. The van der Waals surface area contributed by atoms with Crippen molar-refractivity contribution in [3.8, 4) is 0 Å². The quantitative estimate of drug-likeness (QED) is 0.810. The molecular weight excluding hydrogens is 216 g/mol. The lowest BCUT2D eigenvalue weighted by Crippen LogP contribution is -1.90. The summed E-state index contributed by atoms with van der Waals surface area (Å²) >= 11 is 3.13. The van der Waals surface area contributed by atoms with Gasteiger partial charge >= 0.3 is 0 Å². The van der Waals surface area contributed by atoms with Gasteiger partial charge in [0.2, 0.25) is 0 Å². The van der Waals surface area contributed by atoms with E-state index in [0.29, 0.717) is 5.13 Å². The van der Waals surface area contributed by atoms with E-state index >= 15 is 0 Å². The molecule has 0 spiro atoms. The highest BCUT2D eigenvalue weighted by molar-refractivity contribution is 7.98. The minimum absolute atomic E-state index is 0.625. The maximum absolute atomic E-state index is 5.53. The van der Waals surface area contributed by atoms with E-state index in [9.17, 15) is 0 Å². The van der Waals surface area contributed by atoms with Gasteiger partial charge in [0.1, 0.15) is 0 Å². The Morgan fingerprint density at radius 1 is 1.64 bits per heavy atom. The molecule has 0 aliphatic heterocycles. The standard InChI is InChI=1S/C8H10N4S2/c1-12-3-2-10-8(12)14-5-6-4-13-7(9)11-6/h2-4H,5H2,1H3,(H2,9,11). The van der Waals surface area contributed by atoms with E-state index in [1.807, 2.05) is 23.2 Å². The van der Waals surface area contributed by atoms with Crippen LogP contribution in [0.1, 0.15) is 5.69 Å². The molecule has 2 aromatic heterocycles. The van der Waals surface area contributed by atoms with Gasteiger partial charge in [-0.25, -0.2) is 9.97 Å². The number of aryl methyl sites for hydroxylation is 1. The molecule has 0 bridgehead atoms. The summed E-state index contributed by atoms with van der Waals surface area (Å²) in [5, 5.41) is 3.60. The van der Waals surface area contributed by atoms with Crippen molar-refractivity contribution in [2.75, 3.05) is 5.73 Å². The first kappa shape index (κ1) is 9.54. The monoisotopic (exact) mass is 226 g/mol. The molecule has 2 N–H and O–H groups in total. The molecule has 74 valence electrons. The van der Waals surface area contributed by atoms with Crippen molar-refractivity contribution < 1.29 is 0 Å². The Hall–Kier alpha value is -1.01. The van der Waals surface area contributed by atoms with Crippen molar-refractivity contribution >= 4 is 28.2 Å². The number of hydrogen-bond donors (Lipinski definition) is 1. The molecule has 0 aromatic carbocycles. The van der Waals surface area contributed by atoms with Gasteiger partial charge in [-0.15, -0.1) is 11.3 Å². The Morgan fingerprint density at radius 3 is 3.07 bits per heavy atom. The van der Waals surface area contributed by atoms with E-state index in [4.69, 9.17) is 5.73 Å². The summed E-state index contributed by atoms with van der Waals surface area (Å²) < 4.78 is 1.99. The van der Waals surface area contributed by atoms with Crippen LogP contribution in [0.5, 0.6) is 0 Å². The second kappa shape index (κ2) is 4.02. The van der Waals surface area contributed by atoms with Gasteiger partial charge in [0, 0.05) is 30.6 Å². The molecule has 0 fully saturated rings. The second-order valence-corrected chi connectivity index (χ2v) is 4.62. The number of thiazole rings is 1. The van der Waals surface area contributed by atoms with Crippen LogP contribution in [-0.2, 0) is 12.8 Å². The lowest BCUT2D eigenvalue weighted by atomic mass is 10.6. The first-order chi connectivity index (χ1) is 6.75. The predicted octanol–water partition coefficient (Wildman–Crippen LogP) is 1.75. The molecule has 0 atom stereocenters. The van der Waals surface area contributed by atoms with E-state index < -0.39 is 0 Å². The number of nitrogen functional groups attached to an aromatic ring is 1. The van der Waals surface area contributed by atoms with Crippen molar-refractivity contribution in [3.05, 3.63) is 23.5 Å². The molecule has 0 saturated carbocycles. The molecule has 2 aromatic rings. The van der Waals surface area contributed by atoms with Crippen molar-refractivity contribution in [3.63, 3.8) is 0 Å². The molecule has 14 heavy (non-hydrogen) atoms. The van der Waals surface area contributed by atoms with Crippen LogP contribution in [0.3, 0.4) is 0 Å². The van der Waals surface area contributed by atoms with Gasteiger partial charge in [0.05, 0.1) is 5.69 Å². The molecular formula is C8H10N4S2. The van der Waals surface area contributed by atoms with Crippen LogP contribution in [0.15, 0.2) is 22.9 Å². The van der Waals surface area contributed by atoms with E-state index in [0.717, 1.165) is 16.6 Å². The van der Waals surface area contributed by atoms with Crippen LogP contribution in [-0.4, -0.2) is 14.5 Å². The third-order valence-electron chi connectivity index (χ3n) is 1.70. The molecule has 0 aliphatic carbocycles. The van der Waals surface area contributed by atoms with E-state index in [1.54, 1.807) is 18.0 Å². The van der Waals surface area contributed by atoms with Gasteiger partial charge in [-0.05, 0) is 0 Å². The van der Waals surface area contributed by atoms with Crippen molar-refractivity contribution in [1.82, 2.24) is 14.5 Å². The number of aromatic nitrogens is 3. The lowest BCUT2D eigenvalue weighted by molar-refractivity contribution is 0.789. The minimum atomic E-state index is 0.625. The van der Waals surface area contributed by atoms with Crippen LogP contribution >= 0.6 is 23.1 Å². The average Bonchev–Trinajstić information content (AvgIpc) is 2.72. The van der Waals surface area contributed by atoms with E-state index in [2.05, 4.69) is 9.97 Å². The normalized spacial score (nSPS) is 10.6. The summed E-state index contributed by atoms with van der Waals surface area (Å²) in [5.74, 6) is 0.818. The number of anilines is 1. The summed E-state index contributed by atoms with van der Waals surface area (Å²) in [6.07, 6.45) is 3.72. The molecule has 6 heteroatoms. The molecule has 0 saturated heterocycles. The number of nitrogens with two attached hydrogens (primary N) is 1. The molecule has 0 unspecified atom stereocenters.